The number of ether oxygens (including phenoxy) is 2. The highest BCUT2D eigenvalue weighted by atomic mass is 16.5. The molecular formula is C24H26N2O4. The molecule has 0 aromatic heterocycles. The van der Waals surface area contributed by atoms with Gasteiger partial charge in [0.05, 0.1) is 0 Å². The summed E-state index contributed by atoms with van der Waals surface area (Å²) in [5.74, 6) is 0.251. The Hall–Kier alpha value is -3.54. The average molecular weight is 406 g/mol. The van der Waals surface area contributed by atoms with Crippen molar-refractivity contribution in [1.29, 1.82) is 0 Å². The Labute approximate surface area is 176 Å². The van der Waals surface area contributed by atoms with E-state index in [0.29, 0.717) is 11.5 Å². The van der Waals surface area contributed by atoms with Crippen LogP contribution in [0.4, 0.5) is 0 Å². The minimum Gasteiger partial charge on any atom is -0.481 e. The van der Waals surface area contributed by atoms with E-state index in [9.17, 15) is 9.59 Å². The van der Waals surface area contributed by atoms with E-state index in [0.717, 1.165) is 17.2 Å². The summed E-state index contributed by atoms with van der Waals surface area (Å²) in [7, 11) is 0. The Morgan fingerprint density at radius 3 is 1.90 bits per heavy atom. The average Bonchev–Trinajstić information content (AvgIpc) is 2.77. The number of carbonyl (C=O) groups is 2. The third-order valence-electron chi connectivity index (χ3n) is 4.73. The van der Waals surface area contributed by atoms with Crippen molar-refractivity contribution in [1.82, 2.24) is 10.9 Å². The molecular weight excluding hydrogens is 380 g/mol. The lowest BCUT2D eigenvalue weighted by Crippen LogP contribution is -2.50. The van der Waals surface area contributed by atoms with Crippen molar-refractivity contribution in [2.75, 3.05) is 0 Å². The van der Waals surface area contributed by atoms with Crippen LogP contribution < -0.4 is 20.3 Å². The van der Waals surface area contributed by atoms with Gasteiger partial charge in [-0.05, 0) is 60.9 Å². The summed E-state index contributed by atoms with van der Waals surface area (Å²) in [6, 6.07) is 21.1. The van der Waals surface area contributed by atoms with Crippen LogP contribution in [-0.2, 0) is 16.0 Å². The highest BCUT2D eigenvalue weighted by molar-refractivity contribution is 5.87. The molecule has 2 atom stereocenters. The molecule has 156 valence electrons. The van der Waals surface area contributed by atoms with Gasteiger partial charge in [0, 0.05) is 0 Å². The molecule has 6 heteroatoms. The summed E-state index contributed by atoms with van der Waals surface area (Å²) >= 11 is 0. The van der Waals surface area contributed by atoms with E-state index in [4.69, 9.17) is 9.47 Å². The molecule has 3 aromatic rings. The van der Waals surface area contributed by atoms with Crippen LogP contribution >= 0.6 is 0 Å². The number of hydrogen-bond donors (Lipinski definition) is 2. The van der Waals surface area contributed by atoms with Crippen molar-refractivity contribution >= 4 is 22.6 Å². The zero-order valence-electron chi connectivity index (χ0n) is 17.3. The molecule has 0 bridgehead atoms. The summed E-state index contributed by atoms with van der Waals surface area (Å²) in [5, 5.41) is 2.11. The topological polar surface area (TPSA) is 76.7 Å². The molecule has 0 saturated heterocycles. The number of nitrogens with one attached hydrogen (secondary N) is 2. The maximum Gasteiger partial charge on any atom is 0.279 e. The lowest BCUT2D eigenvalue weighted by atomic mass is 10.1. The largest absolute Gasteiger partial charge is 0.481 e. The summed E-state index contributed by atoms with van der Waals surface area (Å²) in [5.41, 5.74) is 5.95. The normalized spacial score (nSPS) is 12.6. The molecule has 0 aliphatic heterocycles. The van der Waals surface area contributed by atoms with Gasteiger partial charge in [0.25, 0.3) is 11.8 Å². The van der Waals surface area contributed by atoms with Crippen LogP contribution in [0.2, 0.25) is 0 Å². The standard InChI is InChI=1S/C24H26N2O4/c1-4-18-9-12-21(13-10-18)29-16(2)23(27)25-26-24(28)17(3)30-22-14-11-19-7-5-6-8-20(19)15-22/h5-17H,4H2,1-3H3,(H,25,27)(H,26,28)/t16-,17-/m0/s1. The van der Waals surface area contributed by atoms with E-state index in [1.807, 2.05) is 66.7 Å². The predicted octanol–water partition coefficient (Wildman–Crippen LogP) is 3.78. The van der Waals surface area contributed by atoms with Gasteiger partial charge in [-0.15, -0.1) is 0 Å². The third-order valence-corrected chi connectivity index (χ3v) is 4.73. The monoisotopic (exact) mass is 406 g/mol. The fourth-order valence-corrected chi connectivity index (χ4v) is 2.89. The fraction of sp³-hybridized carbons (Fsp3) is 0.250. The van der Waals surface area contributed by atoms with Crippen LogP contribution in [0.15, 0.2) is 66.7 Å². The lowest BCUT2D eigenvalue weighted by Gasteiger charge is -2.18. The summed E-state index contributed by atoms with van der Waals surface area (Å²) < 4.78 is 11.3. The van der Waals surface area contributed by atoms with Gasteiger partial charge in [0.2, 0.25) is 0 Å². The smallest absolute Gasteiger partial charge is 0.279 e. The van der Waals surface area contributed by atoms with E-state index in [2.05, 4.69) is 17.8 Å². The van der Waals surface area contributed by atoms with Crippen LogP contribution in [0.3, 0.4) is 0 Å². The van der Waals surface area contributed by atoms with Gasteiger partial charge < -0.3 is 9.47 Å². The Bertz CT molecular complexity index is 1020. The van der Waals surface area contributed by atoms with Gasteiger partial charge in [-0.3, -0.25) is 20.4 Å². The second-order valence-corrected chi connectivity index (χ2v) is 7.01. The first kappa shape index (κ1) is 21.2. The molecule has 0 spiro atoms. The summed E-state index contributed by atoms with van der Waals surface area (Å²) in [6.45, 7) is 5.30. The maximum absolute atomic E-state index is 12.3. The number of fused-ring (bicyclic) bond motifs is 1. The molecule has 0 heterocycles. The molecule has 0 unspecified atom stereocenters. The number of amides is 2. The maximum atomic E-state index is 12.3. The highest BCUT2D eigenvalue weighted by Gasteiger charge is 2.19. The van der Waals surface area contributed by atoms with Crippen LogP contribution in [-0.4, -0.2) is 24.0 Å². The first-order valence-electron chi connectivity index (χ1n) is 9.97. The summed E-state index contributed by atoms with van der Waals surface area (Å²) in [4.78, 5) is 24.5. The number of hydrogen-bond acceptors (Lipinski definition) is 4. The first-order valence-corrected chi connectivity index (χ1v) is 9.97. The van der Waals surface area contributed by atoms with Crippen molar-refractivity contribution in [3.05, 3.63) is 72.3 Å². The molecule has 2 N–H and O–H groups in total. The zero-order chi connectivity index (χ0) is 21.5. The van der Waals surface area contributed by atoms with Crippen LogP contribution in [0.5, 0.6) is 11.5 Å². The molecule has 0 fully saturated rings. The molecule has 30 heavy (non-hydrogen) atoms. The molecule has 6 nitrogen and oxygen atoms in total. The SMILES string of the molecule is CCc1ccc(O[C@@H](C)C(=O)NNC(=O)[C@H](C)Oc2ccc3ccccc3c2)cc1. The van der Waals surface area contributed by atoms with E-state index < -0.39 is 24.0 Å². The number of benzene rings is 3. The van der Waals surface area contributed by atoms with Gasteiger partial charge in [-0.1, -0.05) is 49.4 Å². The van der Waals surface area contributed by atoms with Crippen molar-refractivity contribution in [3.8, 4) is 11.5 Å². The molecule has 2 amide bonds. The Morgan fingerprint density at radius 1 is 0.767 bits per heavy atom. The Balaban J connectivity index is 1.48. The minimum atomic E-state index is -0.788. The number of aryl methyl sites for hydroxylation is 1. The molecule has 0 saturated carbocycles. The molecule has 3 aromatic carbocycles. The summed E-state index contributed by atoms with van der Waals surface area (Å²) in [6.07, 6.45) is -0.624. The van der Waals surface area contributed by atoms with Crippen LogP contribution in [0.1, 0.15) is 26.3 Å². The predicted molar refractivity (Wildman–Crippen MR) is 116 cm³/mol. The van der Waals surface area contributed by atoms with Crippen molar-refractivity contribution < 1.29 is 19.1 Å². The van der Waals surface area contributed by atoms with E-state index >= 15 is 0 Å². The van der Waals surface area contributed by atoms with Crippen molar-refractivity contribution in [2.24, 2.45) is 0 Å². The number of carbonyl (C=O) groups excluding carboxylic acids is 2. The minimum absolute atomic E-state index is 0.458. The molecule has 0 aliphatic rings. The zero-order valence-corrected chi connectivity index (χ0v) is 17.3. The van der Waals surface area contributed by atoms with E-state index in [-0.39, 0.29) is 0 Å². The third kappa shape index (κ3) is 5.50. The fourth-order valence-electron chi connectivity index (χ4n) is 2.89. The highest BCUT2D eigenvalue weighted by Crippen LogP contribution is 2.21. The first-order chi connectivity index (χ1) is 14.5. The Kier molecular flexibility index (Phi) is 6.91. The second-order valence-electron chi connectivity index (χ2n) is 7.01. The number of hydrazine groups is 1. The van der Waals surface area contributed by atoms with Crippen molar-refractivity contribution in [3.63, 3.8) is 0 Å². The number of rotatable bonds is 7. The molecule has 0 radical (unpaired) electrons. The van der Waals surface area contributed by atoms with Gasteiger partial charge in [-0.25, -0.2) is 0 Å². The van der Waals surface area contributed by atoms with Crippen LogP contribution in [0.25, 0.3) is 10.8 Å². The Morgan fingerprint density at radius 2 is 1.30 bits per heavy atom. The molecule has 3 rings (SSSR count). The van der Waals surface area contributed by atoms with Gasteiger partial charge in [0.15, 0.2) is 12.2 Å². The van der Waals surface area contributed by atoms with Crippen molar-refractivity contribution in [2.45, 2.75) is 39.4 Å². The molecule has 0 aliphatic carbocycles. The quantitative estimate of drug-likeness (QED) is 0.586. The van der Waals surface area contributed by atoms with E-state index in [1.54, 1.807) is 13.8 Å². The lowest BCUT2D eigenvalue weighted by molar-refractivity contribution is -0.135. The van der Waals surface area contributed by atoms with Gasteiger partial charge >= 0.3 is 0 Å². The second kappa shape index (κ2) is 9.78. The van der Waals surface area contributed by atoms with Crippen LogP contribution in [0, 0.1) is 0 Å². The van der Waals surface area contributed by atoms with E-state index in [1.165, 1.54) is 5.56 Å². The van der Waals surface area contributed by atoms with Gasteiger partial charge in [0.1, 0.15) is 11.5 Å². The van der Waals surface area contributed by atoms with Gasteiger partial charge in [-0.2, -0.15) is 0 Å².